The van der Waals surface area contributed by atoms with Crippen molar-refractivity contribution in [2.75, 3.05) is 11.5 Å². The molecule has 2 bridgehead atoms. The summed E-state index contributed by atoms with van der Waals surface area (Å²) in [7, 11) is 0. The van der Waals surface area contributed by atoms with Crippen LogP contribution < -0.4 is 10.6 Å². The molecule has 1 aliphatic heterocycles. The van der Waals surface area contributed by atoms with Crippen molar-refractivity contribution in [2.24, 2.45) is 17.8 Å². The van der Waals surface area contributed by atoms with Crippen LogP contribution >= 0.6 is 23.5 Å². The minimum absolute atomic E-state index is 0.0732. The molecule has 1 unspecified atom stereocenters. The average Bonchev–Trinajstić information content (AvgIpc) is 3.03. The summed E-state index contributed by atoms with van der Waals surface area (Å²) in [6.07, 6.45) is 4.37. The molecule has 0 aromatic heterocycles. The number of thioether (sulfide) groups is 2. The second-order valence-electron chi connectivity index (χ2n) is 8.11. The zero-order chi connectivity index (χ0) is 19.6. The van der Waals surface area contributed by atoms with E-state index in [0.717, 1.165) is 12.8 Å². The zero-order valence-electron chi connectivity index (χ0n) is 16.3. The van der Waals surface area contributed by atoms with Crippen LogP contribution in [0.15, 0.2) is 0 Å². The van der Waals surface area contributed by atoms with Crippen molar-refractivity contribution in [1.29, 1.82) is 0 Å². The molecule has 4 atom stereocenters. The van der Waals surface area contributed by atoms with E-state index in [1.165, 1.54) is 37.7 Å². The molecule has 0 aromatic rings. The van der Waals surface area contributed by atoms with Gasteiger partial charge >= 0.3 is 12.0 Å². The molecule has 3 fully saturated rings. The van der Waals surface area contributed by atoms with Gasteiger partial charge in [-0.2, -0.15) is 0 Å². The molecular weight excluding hydrogens is 384 g/mol. The first-order chi connectivity index (χ1) is 12.8. The zero-order valence-corrected chi connectivity index (χ0v) is 17.9. The van der Waals surface area contributed by atoms with Gasteiger partial charge in [0.2, 0.25) is 0 Å². The Bertz CT molecular complexity index is 576. The number of imide groups is 1. The van der Waals surface area contributed by atoms with E-state index in [2.05, 4.69) is 34.2 Å². The van der Waals surface area contributed by atoms with Gasteiger partial charge in [-0.25, -0.2) is 4.79 Å². The van der Waals surface area contributed by atoms with Crippen molar-refractivity contribution in [3.63, 3.8) is 0 Å². The lowest BCUT2D eigenvalue weighted by atomic mass is 9.67. The lowest BCUT2D eigenvalue weighted by Gasteiger charge is -2.51. The van der Waals surface area contributed by atoms with Crippen LogP contribution in [0.1, 0.15) is 52.9 Å². The van der Waals surface area contributed by atoms with Crippen LogP contribution in [0.3, 0.4) is 0 Å². The number of hydrogen-bond acceptors (Lipinski definition) is 6. The van der Waals surface area contributed by atoms with E-state index in [4.69, 9.17) is 4.74 Å². The Morgan fingerprint density at radius 1 is 1.04 bits per heavy atom. The summed E-state index contributed by atoms with van der Waals surface area (Å²) < 4.78 is 5.74. The van der Waals surface area contributed by atoms with Gasteiger partial charge in [0, 0.05) is 17.5 Å². The molecular formula is C19H30N2O4S2. The highest BCUT2D eigenvalue weighted by Crippen LogP contribution is 2.64. The van der Waals surface area contributed by atoms with Gasteiger partial charge in [-0.1, -0.05) is 6.42 Å². The summed E-state index contributed by atoms with van der Waals surface area (Å²) in [6, 6.07) is -0.640. The van der Waals surface area contributed by atoms with E-state index in [0.29, 0.717) is 15.9 Å². The van der Waals surface area contributed by atoms with Crippen LogP contribution in [-0.2, 0) is 14.3 Å². The predicted octanol–water partition coefficient (Wildman–Crippen LogP) is 3.15. The highest BCUT2D eigenvalue weighted by molar-refractivity contribution is 8.21. The van der Waals surface area contributed by atoms with Crippen LogP contribution in [-0.4, -0.2) is 45.6 Å². The van der Waals surface area contributed by atoms with Crippen molar-refractivity contribution in [2.45, 2.75) is 69.1 Å². The number of urea groups is 1. The second kappa shape index (κ2) is 8.64. The van der Waals surface area contributed by atoms with E-state index in [1.807, 2.05) is 0 Å². The summed E-state index contributed by atoms with van der Waals surface area (Å²) in [6.45, 7) is 5.13. The Morgan fingerprint density at radius 2 is 1.63 bits per heavy atom. The fourth-order valence-corrected chi connectivity index (χ4v) is 8.57. The maximum atomic E-state index is 12.7. The molecule has 3 rings (SSSR count). The third-order valence-corrected chi connectivity index (χ3v) is 9.79. The lowest BCUT2D eigenvalue weighted by Crippen LogP contribution is -2.49. The van der Waals surface area contributed by atoms with Crippen LogP contribution in [0.2, 0.25) is 0 Å². The first-order valence-electron chi connectivity index (χ1n) is 9.91. The van der Waals surface area contributed by atoms with E-state index in [1.54, 1.807) is 13.8 Å². The maximum Gasteiger partial charge on any atom is 0.321 e. The average molecular weight is 415 g/mol. The molecule has 0 radical (unpaired) electrons. The highest BCUT2D eigenvalue weighted by Gasteiger charge is 2.55. The summed E-state index contributed by atoms with van der Waals surface area (Å²) in [4.78, 5) is 36.4. The minimum Gasteiger partial charge on any atom is -0.452 e. The quantitative estimate of drug-likeness (QED) is 0.688. The normalized spacial score (nSPS) is 30.0. The molecule has 8 heteroatoms. The smallest absolute Gasteiger partial charge is 0.321 e. The van der Waals surface area contributed by atoms with Gasteiger partial charge in [-0.3, -0.25) is 14.9 Å². The second-order valence-corrected chi connectivity index (χ2v) is 11.1. The Morgan fingerprint density at radius 3 is 2.19 bits per heavy atom. The van der Waals surface area contributed by atoms with Crippen molar-refractivity contribution >= 4 is 41.4 Å². The van der Waals surface area contributed by atoms with Gasteiger partial charge in [-0.15, -0.1) is 23.5 Å². The van der Waals surface area contributed by atoms with E-state index in [9.17, 15) is 14.4 Å². The Labute approximate surface area is 169 Å². The number of hydrogen-bond donors (Lipinski definition) is 2. The lowest BCUT2D eigenvalue weighted by molar-refractivity contribution is -0.161. The first kappa shape index (κ1) is 20.8. The monoisotopic (exact) mass is 414 g/mol. The molecule has 1 heterocycles. The number of carbonyl (C=O) groups excluding carboxylic acids is 3. The highest BCUT2D eigenvalue weighted by atomic mass is 32.2. The molecule has 6 nitrogen and oxygen atoms in total. The van der Waals surface area contributed by atoms with E-state index < -0.39 is 18.0 Å². The number of ether oxygens (including phenoxy) is 1. The summed E-state index contributed by atoms with van der Waals surface area (Å²) in [5.74, 6) is 2.53. The van der Waals surface area contributed by atoms with Crippen molar-refractivity contribution in [1.82, 2.24) is 10.6 Å². The summed E-state index contributed by atoms with van der Waals surface area (Å²) >= 11 is 4.21. The van der Waals surface area contributed by atoms with Crippen molar-refractivity contribution < 1.29 is 19.1 Å². The van der Waals surface area contributed by atoms with Gasteiger partial charge in [0.25, 0.3) is 5.91 Å². The maximum absolute atomic E-state index is 12.7. The molecule has 2 saturated carbocycles. The van der Waals surface area contributed by atoms with Crippen LogP contribution in [0.25, 0.3) is 0 Å². The summed E-state index contributed by atoms with van der Waals surface area (Å²) in [5, 5.41) is 4.81. The van der Waals surface area contributed by atoms with Gasteiger partial charge < -0.3 is 10.1 Å². The number of amides is 3. The van der Waals surface area contributed by atoms with Gasteiger partial charge in [0.1, 0.15) is 0 Å². The number of rotatable bonds is 4. The van der Waals surface area contributed by atoms with Crippen LogP contribution in [0.5, 0.6) is 0 Å². The molecule has 1 spiro atoms. The summed E-state index contributed by atoms with van der Waals surface area (Å²) in [5.41, 5.74) is 0. The third-order valence-electron chi connectivity index (χ3n) is 5.77. The van der Waals surface area contributed by atoms with Gasteiger partial charge in [0.05, 0.1) is 10.00 Å². The molecule has 2 N–H and O–H groups in total. The fourth-order valence-electron chi connectivity index (χ4n) is 4.64. The number of esters is 1. The fraction of sp³-hybridized carbons (Fsp3) is 0.842. The van der Waals surface area contributed by atoms with Gasteiger partial charge in [-0.05, 0) is 58.3 Å². The Hall–Kier alpha value is -0.890. The molecule has 1 saturated heterocycles. The standard InChI is InChI=1S/C19H30N2O4S2/c1-11(2)20-18(24)21-16(22)12(3)25-17(23)13-9-14-5-4-6-15(10-13)19(14)26-7-8-27-19/h11-15H,4-10H2,1-3H3,(H2,20,21,22,24)/t12-,13?,14-,15+/m1/s1. The van der Waals surface area contributed by atoms with E-state index in [-0.39, 0.29) is 17.9 Å². The largest absolute Gasteiger partial charge is 0.452 e. The Kier molecular flexibility index (Phi) is 6.66. The SMILES string of the molecule is CC(C)NC(=O)NC(=O)[C@@H](C)OC(=O)C1C[C@H]2CCC[C@@H](C1)C21SCCS1. The molecule has 0 aromatic carbocycles. The predicted molar refractivity (Wildman–Crippen MR) is 109 cm³/mol. The van der Waals surface area contributed by atoms with E-state index >= 15 is 0 Å². The molecule has 3 aliphatic rings. The third kappa shape index (κ3) is 4.58. The minimum atomic E-state index is -0.971. The van der Waals surface area contributed by atoms with Crippen molar-refractivity contribution in [3.05, 3.63) is 0 Å². The van der Waals surface area contributed by atoms with Gasteiger partial charge in [0.15, 0.2) is 6.10 Å². The van der Waals surface area contributed by atoms with Crippen molar-refractivity contribution in [3.8, 4) is 0 Å². The molecule has 3 amide bonds. The first-order valence-corrected chi connectivity index (χ1v) is 11.9. The number of nitrogens with one attached hydrogen (secondary N) is 2. The molecule has 27 heavy (non-hydrogen) atoms. The molecule has 2 aliphatic carbocycles. The number of carbonyl (C=O) groups is 3. The Balaban J connectivity index is 1.54. The molecule has 152 valence electrons. The topological polar surface area (TPSA) is 84.5 Å². The van der Waals surface area contributed by atoms with Crippen LogP contribution in [0.4, 0.5) is 4.79 Å². The van der Waals surface area contributed by atoms with Crippen LogP contribution in [0, 0.1) is 17.8 Å².